The van der Waals surface area contributed by atoms with Crippen molar-refractivity contribution in [2.75, 3.05) is 0 Å². The predicted molar refractivity (Wildman–Crippen MR) is 35.0 cm³/mol. The predicted octanol–water partition coefficient (Wildman–Crippen LogP) is 0.822. The minimum atomic E-state index is 0.208. The first-order valence-electron chi connectivity index (χ1n) is 3.07. The lowest BCUT2D eigenvalue weighted by Crippen LogP contribution is -1.91. The Labute approximate surface area is 58.9 Å². The highest BCUT2D eigenvalue weighted by molar-refractivity contribution is 5.01. The summed E-state index contributed by atoms with van der Waals surface area (Å²) in [4.78, 5) is 0. The molecule has 1 unspecified atom stereocenters. The standard InChI is InChI=1S/C6H8N4/c1-5(2-3-7)6-4-8-10-9-6/h4-5H,2H2,1H3,(H,8,9,10). The maximum absolute atomic E-state index is 8.33. The second-order valence-corrected chi connectivity index (χ2v) is 2.18. The van der Waals surface area contributed by atoms with Crippen molar-refractivity contribution in [1.82, 2.24) is 15.4 Å². The monoisotopic (exact) mass is 136 g/mol. The molecule has 52 valence electrons. The summed E-state index contributed by atoms with van der Waals surface area (Å²) in [7, 11) is 0. The van der Waals surface area contributed by atoms with E-state index < -0.39 is 0 Å². The van der Waals surface area contributed by atoms with E-state index in [0.29, 0.717) is 6.42 Å². The van der Waals surface area contributed by atoms with Gasteiger partial charge in [0.25, 0.3) is 0 Å². The molecule has 1 atom stereocenters. The molecule has 1 aromatic heterocycles. The van der Waals surface area contributed by atoms with Crippen molar-refractivity contribution in [1.29, 1.82) is 5.26 Å². The summed E-state index contributed by atoms with van der Waals surface area (Å²) in [6.07, 6.45) is 2.14. The van der Waals surface area contributed by atoms with Crippen LogP contribution in [0, 0.1) is 11.3 Å². The Bertz CT molecular complexity index is 220. The van der Waals surface area contributed by atoms with Crippen molar-refractivity contribution in [3.05, 3.63) is 11.9 Å². The van der Waals surface area contributed by atoms with Gasteiger partial charge in [-0.05, 0) is 0 Å². The highest BCUT2D eigenvalue weighted by Gasteiger charge is 2.05. The first-order chi connectivity index (χ1) is 4.84. The first kappa shape index (κ1) is 6.75. The first-order valence-corrected chi connectivity index (χ1v) is 3.07. The maximum atomic E-state index is 8.33. The summed E-state index contributed by atoms with van der Waals surface area (Å²) < 4.78 is 0. The van der Waals surface area contributed by atoms with E-state index in [1.807, 2.05) is 6.92 Å². The molecule has 0 saturated carbocycles. The van der Waals surface area contributed by atoms with Crippen LogP contribution in [-0.4, -0.2) is 15.4 Å². The molecule has 1 heterocycles. The molecule has 0 aliphatic heterocycles. The number of hydrogen-bond acceptors (Lipinski definition) is 3. The summed E-state index contributed by atoms with van der Waals surface area (Å²) >= 11 is 0. The van der Waals surface area contributed by atoms with Crippen LogP contribution >= 0.6 is 0 Å². The molecular weight excluding hydrogens is 128 g/mol. The minimum absolute atomic E-state index is 0.208. The quantitative estimate of drug-likeness (QED) is 0.654. The molecule has 0 bridgehead atoms. The smallest absolute Gasteiger partial charge is 0.0725 e. The average molecular weight is 136 g/mol. The molecule has 0 spiro atoms. The van der Waals surface area contributed by atoms with Crippen molar-refractivity contribution in [3.63, 3.8) is 0 Å². The van der Waals surface area contributed by atoms with Crippen LogP contribution in [0.15, 0.2) is 6.20 Å². The Morgan fingerprint density at radius 1 is 1.90 bits per heavy atom. The highest BCUT2D eigenvalue weighted by Crippen LogP contribution is 2.12. The van der Waals surface area contributed by atoms with Gasteiger partial charge >= 0.3 is 0 Å². The number of hydrogen-bond donors (Lipinski definition) is 1. The molecule has 1 N–H and O–H groups in total. The lowest BCUT2D eigenvalue weighted by atomic mass is 10.1. The van der Waals surface area contributed by atoms with Gasteiger partial charge < -0.3 is 0 Å². The fraction of sp³-hybridized carbons (Fsp3) is 0.500. The second-order valence-electron chi connectivity index (χ2n) is 2.18. The van der Waals surface area contributed by atoms with E-state index in [1.165, 1.54) is 0 Å². The van der Waals surface area contributed by atoms with Crippen LogP contribution in [0.3, 0.4) is 0 Å². The van der Waals surface area contributed by atoms with Crippen LogP contribution in [0.2, 0.25) is 0 Å². The van der Waals surface area contributed by atoms with Crippen molar-refractivity contribution < 1.29 is 0 Å². The van der Waals surface area contributed by atoms with Crippen molar-refractivity contribution >= 4 is 0 Å². The zero-order chi connectivity index (χ0) is 7.40. The zero-order valence-corrected chi connectivity index (χ0v) is 5.70. The molecule has 10 heavy (non-hydrogen) atoms. The third-order valence-corrected chi connectivity index (χ3v) is 1.36. The van der Waals surface area contributed by atoms with Crippen molar-refractivity contribution in [3.8, 4) is 6.07 Å². The minimum Gasteiger partial charge on any atom is -0.262 e. The molecule has 0 aliphatic rings. The Kier molecular flexibility index (Phi) is 2.00. The van der Waals surface area contributed by atoms with E-state index in [-0.39, 0.29) is 5.92 Å². The van der Waals surface area contributed by atoms with Gasteiger partial charge in [0.1, 0.15) is 0 Å². The lowest BCUT2D eigenvalue weighted by molar-refractivity contribution is 0.747. The highest BCUT2D eigenvalue weighted by atomic mass is 15.3. The van der Waals surface area contributed by atoms with Gasteiger partial charge in [0.15, 0.2) is 0 Å². The normalized spacial score (nSPS) is 12.4. The summed E-state index contributed by atoms with van der Waals surface area (Å²) in [5.74, 6) is 0.208. The Morgan fingerprint density at radius 2 is 2.70 bits per heavy atom. The molecule has 1 rings (SSSR count). The number of rotatable bonds is 2. The molecule has 1 aromatic rings. The number of aromatic amines is 1. The third kappa shape index (κ3) is 1.32. The number of nitrogens with zero attached hydrogens (tertiary/aromatic N) is 3. The van der Waals surface area contributed by atoms with Crippen LogP contribution in [0.5, 0.6) is 0 Å². The van der Waals surface area contributed by atoms with Gasteiger partial charge in [0.05, 0.1) is 18.0 Å². The molecule has 0 saturated heterocycles. The molecule has 0 fully saturated rings. The molecule has 0 aromatic carbocycles. The molecular formula is C6H8N4. The fourth-order valence-corrected chi connectivity index (χ4v) is 0.691. The molecule has 0 amide bonds. The van der Waals surface area contributed by atoms with Crippen LogP contribution in [0.25, 0.3) is 0 Å². The summed E-state index contributed by atoms with van der Waals surface area (Å²) in [6, 6.07) is 2.08. The SMILES string of the molecule is CC(CC#N)c1cnn[nH]1. The van der Waals surface area contributed by atoms with E-state index in [9.17, 15) is 0 Å². The van der Waals surface area contributed by atoms with E-state index in [1.54, 1.807) is 6.20 Å². The van der Waals surface area contributed by atoms with E-state index in [4.69, 9.17) is 5.26 Å². The van der Waals surface area contributed by atoms with Crippen molar-refractivity contribution in [2.24, 2.45) is 0 Å². The van der Waals surface area contributed by atoms with Crippen LogP contribution in [0.4, 0.5) is 0 Å². The summed E-state index contributed by atoms with van der Waals surface area (Å²) in [5.41, 5.74) is 0.918. The average Bonchev–Trinajstić information content (AvgIpc) is 2.38. The third-order valence-electron chi connectivity index (χ3n) is 1.36. The molecule has 0 aliphatic carbocycles. The van der Waals surface area contributed by atoms with Gasteiger partial charge in [-0.15, -0.1) is 5.10 Å². The molecule has 0 radical (unpaired) electrons. The Hall–Kier alpha value is -1.37. The van der Waals surface area contributed by atoms with E-state index >= 15 is 0 Å². The van der Waals surface area contributed by atoms with Gasteiger partial charge in [-0.3, -0.25) is 5.10 Å². The molecule has 4 nitrogen and oxygen atoms in total. The van der Waals surface area contributed by atoms with Gasteiger partial charge in [-0.1, -0.05) is 12.1 Å². The van der Waals surface area contributed by atoms with E-state index in [2.05, 4.69) is 21.5 Å². The zero-order valence-electron chi connectivity index (χ0n) is 5.70. The maximum Gasteiger partial charge on any atom is 0.0725 e. The Balaban J connectivity index is 2.61. The lowest BCUT2D eigenvalue weighted by Gasteiger charge is -1.99. The van der Waals surface area contributed by atoms with E-state index in [0.717, 1.165) is 5.69 Å². The second kappa shape index (κ2) is 2.97. The largest absolute Gasteiger partial charge is 0.262 e. The number of aromatic nitrogens is 3. The fourth-order valence-electron chi connectivity index (χ4n) is 0.691. The van der Waals surface area contributed by atoms with Crippen LogP contribution in [-0.2, 0) is 0 Å². The van der Waals surface area contributed by atoms with Gasteiger partial charge in [-0.25, -0.2) is 0 Å². The number of H-pyrrole nitrogens is 1. The van der Waals surface area contributed by atoms with Crippen molar-refractivity contribution in [2.45, 2.75) is 19.3 Å². The molecule has 4 heteroatoms. The van der Waals surface area contributed by atoms with Gasteiger partial charge in [0, 0.05) is 12.3 Å². The number of nitrogens with one attached hydrogen (secondary N) is 1. The summed E-state index contributed by atoms with van der Waals surface area (Å²) in [5, 5.41) is 18.2. The van der Waals surface area contributed by atoms with Crippen LogP contribution in [0.1, 0.15) is 25.0 Å². The number of nitriles is 1. The van der Waals surface area contributed by atoms with Crippen LogP contribution < -0.4 is 0 Å². The summed E-state index contributed by atoms with van der Waals surface area (Å²) in [6.45, 7) is 1.96. The van der Waals surface area contributed by atoms with Gasteiger partial charge in [-0.2, -0.15) is 5.26 Å². The topological polar surface area (TPSA) is 65.4 Å². The van der Waals surface area contributed by atoms with Gasteiger partial charge in [0.2, 0.25) is 0 Å². The Morgan fingerprint density at radius 3 is 3.20 bits per heavy atom.